The molecule has 0 bridgehead atoms. The molecule has 3 aromatic carbocycles. The molecule has 0 radical (unpaired) electrons. The predicted octanol–water partition coefficient (Wildman–Crippen LogP) is 4.19. The highest BCUT2D eigenvalue weighted by atomic mass is 32.2. The monoisotopic (exact) mass is 434 g/mol. The summed E-state index contributed by atoms with van der Waals surface area (Å²) >= 11 is 0. The number of anilines is 1. The molecule has 0 unspecified atom stereocenters. The molecule has 5 nitrogen and oxygen atoms in total. The van der Waals surface area contributed by atoms with E-state index in [0.29, 0.717) is 17.8 Å². The summed E-state index contributed by atoms with van der Waals surface area (Å²) in [5.41, 5.74) is 2.79. The average Bonchev–Trinajstić information content (AvgIpc) is 3.57. The van der Waals surface area contributed by atoms with Crippen LogP contribution in [-0.4, -0.2) is 20.9 Å². The second kappa shape index (κ2) is 8.55. The molecule has 31 heavy (non-hydrogen) atoms. The Hall–Kier alpha value is -3.12. The largest absolute Gasteiger partial charge is 0.355 e. The van der Waals surface area contributed by atoms with Gasteiger partial charge in [-0.1, -0.05) is 60.7 Å². The summed E-state index contributed by atoms with van der Waals surface area (Å²) in [5, 5.41) is 3.06. The number of hydrogen-bond donors (Lipinski definition) is 2. The molecule has 1 aliphatic carbocycles. The third kappa shape index (κ3) is 4.64. The lowest BCUT2D eigenvalue weighted by molar-refractivity contribution is -0.123. The Morgan fingerprint density at radius 1 is 0.903 bits per heavy atom. The maximum absolute atomic E-state index is 12.8. The summed E-state index contributed by atoms with van der Waals surface area (Å²) in [5.74, 6) is 0.0386. The van der Waals surface area contributed by atoms with Gasteiger partial charge in [-0.3, -0.25) is 9.52 Å². The lowest BCUT2D eigenvalue weighted by Gasteiger charge is -2.17. The van der Waals surface area contributed by atoms with Crippen LogP contribution in [0.5, 0.6) is 0 Å². The van der Waals surface area contributed by atoms with Crippen molar-refractivity contribution in [3.63, 3.8) is 0 Å². The summed E-state index contributed by atoms with van der Waals surface area (Å²) in [6.07, 6.45) is 2.40. The first kappa shape index (κ1) is 21.1. The van der Waals surface area contributed by atoms with Gasteiger partial charge in [-0.05, 0) is 61.1 Å². The Bertz CT molecular complexity index is 1170. The topological polar surface area (TPSA) is 75.3 Å². The zero-order chi connectivity index (χ0) is 21.9. The molecule has 4 rings (SSSR count). The van der Waals surface area contributed by atoms with E-state index in [1.54, 1.807) is 37.3 Å². The SMILES string of the molecule is Cc1ccccc1S(=O)(=O)Nc1ccc(C2(C(=O)NCCc3ccccc3)CC2)cc1. The van der Waals surface area contributed by atoms with Gasteiger partial charge < -0.3 is 5.32 Å². The van der Waals surface area contributed by atoms with E-state index in [0.717, 1.165) is 24.8 Å². The van der Waals surface area contributed by atoms with E-state index in [2.05, 4.69) is 22.2 Å². The van der Waals surface area contributed by atoms with Crippen LogP contribution in [0.15, 0.2) is 83.8 Å². The van der Waals surface area contributed by atoms with E-state index in [1.807, 2.05) is 36.4 Å². The maximum Gasteiger partial charge on any atom is 0.262 e. The number of hydrogen-bond acceptors (Lipinski definition) is 3. The lowest BCUT2D eigenvalue weighted by Crippen LogP contribution is -2.35. The van der Waals surface area contributed by atoms with Crippen molar-refractivity contribution >= 4 is 21.6 Å². The molecule has 1 saturated carbocycles. The Balaban J connectivity index is 1.40. The van der Waals surface area contributed by atoms with Gasteiger partial charge in [-0.25, -0.2) is 8.42 Å². The highest BCUT2D eigenvalue weighted by Gasteiger charge is 2.51. The smallest absolute Gasteiger partial charge is 0.262 e. The van der Waals surface area contributed by atoms with Crippen molar-refractivity contribution in [2.45, 2.75) is 36.5 Å². The molecule has 0 saturated heterocycles. The third-order valence-corrected chi connectivity index (χ3v) is 7.34. The quantitative estimate of drug-likeness (QED) is 0.558. The van der Waals surface area contributed by atoms with E-state index >= 15 is 0 Å². The van der Waals surface area contributed by atoms with E-state index < -0.39 is 15.4 Å². The molecule has 0 atom stereocenters. The first-order valence-corrected chi connectivity index (χ1v) is 11.9. The highest BCUT2D eigenvalue weighted by molar-refractivity contribution is 7.92. The summed E-state index contributed by atoms with van der Waals surface area (Å²) in [4.78, 5) is 13.1. The number of nitrogens with one attached hydrogen (secondary N) is 2. The molecule has 0 aliphatic heterocycles. The fourth-order valence-corrected chi connectivity index (χ4v) is 5.14. The Morgan fingerprint density at radius 2 is 1.55 bits per heavy atom. The van der Waals surface area contributed by atoms with Gasteiger partial charge in [0.2, 0.25) is 5.91 Å². The molecule has 0 aromatic heterocycles. The Labute approximate surface area is 183 Å². The summed E-state index contributed by atoms with van der Waals surface area (Å²) < 4.78 is 28.0. The van der Waals surface area contributed by atoms with Crippen molar-refractivity contribution in [3.8, 4) is 0 Å². The van der Waals surface area contributed by atoms with Gasteiger partial charge in [0.1, 0.15) is 0 Å². The fourth-order valence-electron chi connectivity index (χ4n) is 3.83. The van der Waals surface area contributed by atoms with Crippen molar-refractivity contribution in [1.82, 2.24) is 5.32 Å². The first-order chi connectivity index (χ1) is 14.9. The number of aryl methyl sites for hydroxylation is 1. The fraction of sp³-hybridized carbons (Fsp3) is 0.240. The van der Waals surface area contributed by atoms with Crippen LogP contribution >= 0.6 is 0 Å². The minimum absolute atomic E-state index is 0.0386. The van der Waals surface area contributed by atoms with Crippen LogP contribution in [0.4, 0.5) is 5.69 Å². The molecule has 3 aromatic rings. The van der Waals surface area contributed by atoms with Crippen LogP contribution in [0.2, 0.25) is 0 Å². The number of carbonyl (C=O) groups excluding carboxylic acids is 1. The molecular weight excluding hydrogens is 408 g/mol. The van der Waals surface area contributed by atoms with Crippen molar-refractivity contribution in [3.05, 3.63) is 95.6 Å². The normalized spacial score (nSPS) is 14.6. The van der Waals surface area contributed by atoms with E-state index in [4.69, 9.17) is 0 Å². The Morgan fingerprint density at radius 3 is 2.19 bits per heavy atom. The van der Waals surface area contributed by atoms with Gasteiger partial charge >= 0.3 is 0 Å². The van der Waals surface area contributed by atoms with E-state index in [1.165, 1.54) is 5.56 Å². The van der Waals surface area contributed by atoms with Crippen LogP contribution in [0, 0.1) is 6.92 Å². The van der Waals surface area contributed by atoms with Crippen molar-refractivity contribution in [2.24, 2.45) is 0 Å². The number of benzene rings is 3. The minimum Gasteiger partial charge on any atom is -0.355 e. The van der Waals surface area contributed by atoms with Gasteiger partial charge in [0.15, 0.2) is 0 Å². The van der Waals surface area contributed by atoms with Crippen molar-refractivity contribution in [1.29, 1.82) is 0 Å². The van der Waals surface area contributed by atoms with Gasteiger partial charge in [-0.15, -0.1) is 0 Å². The molecule has 2 N–H and O–H groups in total. The van der Waals surface area contributed by atoms with Crippen LogP contribution in [0.25, 0.3) is 0 Å². The van der Waals surface area contributed by atoms with Gasteiger partial charge in [0.25, 0.3) is 10.0 Å². The van der Waals surface area contributed by atoms with Gasteiger partial charge in [0, 0.05) is 12.2 Å². The highest BCUT2D eigenvalue weighted by Crippen LogP contribution is 2.48. The first-order valence-electron chi connectivity index (χ1n) is 10.4. The number of amides is 1. The predicted molar refractivity (Wildman–Crippen MR) is 122 cm³/mol. The van der Waals surface area contributed by atoms with Crippen LogP contribution in [-0.2, 0) is 26.7 Å². The lowest BCUT2D eigenvalue weighted by atomic mass is 9.94. The number of rotatable bonds is 8. The second-order valence-corrected chi connectivity index (χ2v) is 9.67. The third-order valence-electron chi connectivity index (χ3n) is 5.80. The van der Waals surface area contributed by atoms with Crippen molar-refractivity contribution in [2.75, 3.05) is 11.3 Å². The zero-order valence-electron chi connectivity index (χ0n) is 17.5. The summed E-state index contributed by atoms with van der Waals surface area (Å²) in [7, 11) is -3.66. The molecule has 0 heterocycles. The minimum atomic E-state index is -3.66. The van der Waals surface area contributed by atoms with E-state index in [-0.39, 0.29) is 10.8 Å². The van der Waals surface area contributed by atoms with Crippen LogP contribution < -0.4 is 10.0 Å². The molecule has 0 spiro atoms. The van der Waals surface area contributed by atoms with E-state index in [9.17, 15) is 13.2 Å². The molecule has 160 valence electrons. The summed E-state index contributed by atoms with van der Waals surface area (Å²) in [6, 6.07) is 24.1. The molecule has 6 heteroatoms. The molecule has 1 fully saturated rings. The second-order valence-electron chi connectivity index (χ2n) is 8.02. The van der Waals surface area contributed by atoms with Gasteiger partial charge in [-0.2, -0.15) is 0 Å². The maximum atomic E-state index is 12.8. The standard InChI is InChI=1S/C25H26N2O3S/c1-19-7-5-6-10-23(19)31(29,30)27-22-13-11-21(12-14-22)25(16-17-25)24(28)26-18-15-20-8-3-2-4-9-20/h2-14,27H,15-18H2,1H3,(H,26,28). The van der Waals surface area contributed by atoms with Crippen molar-refractivity contribution < 1.29 is 13.2 Å². The molecule has 1 amide bonds. The number of carbonyl (C=O) groups is 1. The van der Waals surface area contributed by atoms with Gasteiger partial charge in [0.05, 0.1) is 10.3 Å². The Kier molecular flexibility index (Phi) is 5.83. The van der Waals surface area contributed by atoms with Crippen LogP contribution in [0.3, 0.4) is 0 Å². The summed E-state index contributed by atoms with van der Waals surface area (Å²) in [6.45, 7) is 2.36. The molecule has 1 aliphatic rings. The average molecular weight is 435 g/mol. The molecular formula is C25H26N2O3S. The number of sulfonamides is 1. The zero-order valence-corrected chi connectivity index (χ0v) is 18.3. The van der Waals surface area contributed by atoms with Crippen LogP contribution in [0.1, 0.15) is 29.5 Å².